The minimum Gasteiger partial charge on any atom is -0.368 e. The second-order valence-electron chi connectivity index (χ2n) is 8.97. The third kappa shape index (κ3) is 3.74. The summed E-state index contributed by atoms with van der Waals surface area (Å²) in [4.78, 5) is 18.8. The Balaban J connectivity index is 1.63. The number of fused-ring (bicyclic) bond motifs is 2. The average molecular weight is 461 g/mol. The maximum absolute atomic E-state index is 14.6. The number of benzene rings is 1. The molecule has 4 heterocycles. The number of halogens is 1. The van der Waals surface area contributed by atoms with Gasteiger partial charge in [-0.05, 0) is 32.9 Å². The molecule has 5 rings (SSSR count). The topological polar surface area (TPSA) is 103 Å². The Morgan fingerprint density at radius 3 is 2.65 bits per heavy atom. The van der Waals surface area contributed by atoms with E-state index in [4.69, 9.17) is 0 Å². The van der Waals surface area contributed by atoms with E-state index >= 15 is 0 Å². The first-order chi connectivity index (χ1) is 16.2. The number of anilines is 3. The Morgan fingerprint density at radius 1 is 1.24 bits per heavy atom. The van der Waals surface area contributed by atoms with Gasteiger partial charge >= 0.3 is 0 Å². The number of nitriles is 1. The summed E-state index contributed by atoms with van der Waals surface area (Å²) in [6.07, 6.45) is 3.42. The Bertz CT molecular complexity index is 1470. The summed E-state index contributed by atoms with van der Waals surface area (Å²) in [5.74, 6) is -0.461. The fourth-order valence-corrected chi connectivity index (χ4v) is 4.75. The van der Waals surface area contributed by atoms with Gasteiger partial charge in [0.05, 0.1) is 27.8 Å². The number of hydrogen-bond donors (Lipinski definition) is 2. The van der Waals surface area contributed by atoms with E-state index in [0.717, 1.165) is 18.8 Å². The van der Waals surface area contributed by atoms with Crippen LogP contribution < -0.4 is 15.5 Å². The number of nitrogens with one attached hydrogen (secondary N) is 2. The predicted molar refractivity (Wildman–Crippen MR) is 128 cm³/mol. The number of carbonyl (C=O) groups excluding carboxylic acids is 1. The molecule has 0 amide bonds. The fraction of sp³-hybridized carbons (Fsp3) is 0.333. The van der Waals surface area contributed by atoms with E-state index in [1.165, 1.54) is 17.7 Å². The van der Waals surface area contributed by atoms with Gasteiger partial charge in [0, 0.05) is 56.2 Å². The predicted octanol–water partition coefficient (Wildman–Crippen LogP) is 3.59. The van der Waals surface area contributed by atoms with Crippen LogP contribution in [0.3, 0.4) is 0 Å². The van der Waals surface area contributed by atoms with Crippen LogP contribution in [0.2, 0.25) is 0 Å². The summed E-state index contributed by atoms with van der Waals surface area (Å²) in [7, 11) is 0. The summed E-state index contributed by atoms with van der Waals surface area (Å²) in [5.41, 5.74) is 3.13. The van der Waals surface area contributed by atoms with Gasteiger partial charge in [-0.1, -0.05) is 0 Å². The van der Waals surface area contributed by atoms with Crippen LogP contribution in [0.15, 0.2) is 30.6 Å². The molecule has 174 valence electrons. The van der Waals surface area contributed by atoms with Crippen molar-refractivity contribution < 1.29 is 9.18 Å². The van der Waals surface area contributed by atoms with Crippen molar-refractivity contribution in [3.63, 3.8) is 0 Å². The molecular weight excluding hydrogens is 435 g/mol. The molecule has 2 N–H and O–H groups in total. The molecule has 0 bridgehead atoms. The van der Waals surface area contributed by atoms with E-state index in [0.29, 0.717) is 33.7 Å². The van der Waals surface area contributed by atoms with E-state index in [-0.39, 0.29) is 23.6 Å². The van der Waals surface area contributed by atoms with Crippen LogP contribution in [0.1, 0.15) is 36.8 Å². The standard InChI is InChI=1S/C24H25FN8O/c1-13-9-31(10-14(2)27-13)19-5-17(8-26)22-21(7-19)33(16(4)34)30-23(22)29-18-6-20(25)24-28-15(3)11-32(24)12-18/h5-7,11-14,27H,9-10H2,1-4H3,(H,29,30)/t13-,14+. The highest BCUT2D eigenvalue weighted by molar-refractivity contribution is 6.02. The molecule has 4 aromatic rings. The lowest BCUT2D eigenvalue weighted by atomic mass is 10.1. The van der Waals surface area contributed by atoms with E-state index < -0.39 is 5.82 Å². The molecule has 0 spiro atoms. The van der Waals surface area contributed by atoms with Crippen LogP contribution in [0.25, 0.3) is 16.6 Å². The minimum atomic E-state index is -0.488. The van der Waals surface area contributed by atoms with Gasteiger partial charge in [0.1, 0.15) is 6.07 Å². The molecule has 0 aliphatic carbocycles. The smallest absolute Gasteiger partial charge is 0.244 e. The molecular formula is C24H25FN8O. The maximum Gasteiger partial charge on any atom is 0.244 e. The zero-order valence-electron chi connectivity index (χ0n) is 19.4. The molecule has 1 aliphatic rings. The molecule has 1 aliphatic heterocycles. The van der Waals surface area contributed by atoms with Crippen molar-refractivity contribution in [2.75, 3.05) is 23.3 Å². The van der Waals surface area contributed by atoms with Crippen molar-refractivity contribution >= 4 is 39.6 Å². The van der Waals surface area contributed by atoms with Gasteiger partial charge < -0.3 is 19.9 Å². The number of piperazine rings is 1. The Morgan fingerprint density at radius 2 is 1.97 bits per heavy atom. The Hall–Kier alpha value is -3.97. The Labute approximate surface area is 195 Å². The lowest BCUT2D eigenvalue weighted by Crippen LogP contribution is -2.54. The van der Waals surface area contributed by atoms with E-state index in [1.54, 1.807) is 23.7 Å². The van der Waals surface area contributed by atoms with Crippen LogP contribution in [0.4, 0.5) is 21.6 Å². The number of rotatable bonds is 3. The SMILES string of the molecule is CC(=O)n1nc(Nc2cc(F)c3nc(C)cn3c2)c2c(C#N)cc(N3C[C@@H](C)N[C@@H](C)C3)cc21. The first kappa shape index (κ1) is 21.9. The molecule has 1 saturated heterocycles. The van der Waals surface area contributed by atoms with Crippen molar-refractivity contribution in [3.05, 3.63) is 47.7 Å². The third-order valence-corrected chi connectivity index (χ3v) is 6.00. The normalized spacial score (nSPS) is 18.4. The quantitative estimate of drug-likeness (QED) is 0.482. The number of aromatic nitrogens is 4. The zero-order chi connectivity index (χ0) is 24.1. The van der Waals surface area contributed by atoms with Gasteiger partial charge in [0.2, 0.25) is 5.91 Å². The lowest BCUT2D eigenvalue weighted by Gasteiger charge is -2.37. The fourth-order valence-electron chi connectivity index (χ4n) is 4.75. The number of carbonyl (C=O) groups is 1. The average Bonchev–Trinajstić information content (AvgIpc) is 3.33. The first-order valence-electron chi connectivity index (χ1n) is 11.1. The highest BCUT2D eigenvalue weighted by atomic mass is 19.1. The van der Waals surface area contributed by atoms with Crippen LogP contribution in [0.5, 0.6) is 0 Å². The second kappa shape index (κ2) is 8.11. The largest absolute Gasteiger partial charge is 0.368 e. The summed E-state index contributed by atoms with van der Waals surface area (Å²) in [6, 6.07) is 7.88. The van der Waals surface area contributed by atoms with E-state index in [9.17, 15) is 14.4 Å². The number of aryl methyl sites for hydroxylation is 1. The molecule has 0 unspecified atom stereocenters. The van der Waals surface area contributed by atoms with Gasteiger partial charge in [0.15, 0.2) is 17.3 Å². The van der Waals surface area contributed by atoms with E-state index in [2.05, 4.69) is 45.5 Å². The monoisotopic (exact) mass is 460 g/mol. The second-order valence-corrected chi connectivity index (χ2v) is 8.97. The van der Waals surface area contributed by atoms with Crippen LogP contribution in [0, 0.1) is 24.1 Å². The molecule has 1 fully saturated rings. The van der Waals surface area contributed by atoms with Crippen molar-refractivity contribution in [1.29, 1.82) is 5.26 Å². The molecule has 0 saturated carbocycles. The molecule has 9 nitrogen and oxygen atoms in total. The van der Waals surface area contributed by atoms with Crippen LogP contribution >= 0.6 is 0 Å². The molecule has 2 atom stereocenters. The summed E-state index contributed by atoms with van der Waals surface area (Å²) >= 11 is 0. The molecule has 10 heteroatoms. The number of nitrogens with zero attached hydrogens (tertiary/aromatic N) is 6. The van der Waals surface area contributed by atoms with Gasteiger partial charge in [-0.3, -0.25) is 4.79 Å². The van der Waals surface area contributed by atoms with Gasteiger partial charge in [-0.25, -0.2) is 9.37 Å². The lowest BCUT2D eigenvalue weighted by molar-refractivity contribution is 0.0927. The molecule has 0 radical (unpaired) electrons. The summed E-state index contributed by atoms with van der Waals surface area (Å²) < 4.78 is 17.5. The number of pyridine rings is 1. The highest BCUT2D eigenvalue weighted by Gasteiger charge is 2.25. The molecule has 1 aromatic carbocycles. The zero-order valence-corrected chi connectivity index (χ0v) is 19.4. The highest BCUT2D eigenvalue weighted by Crippen LogP contribution is 2.34. The van der Waals surface area contributed by atoms with Crippen LogP contribution in [-0.4, -0.2) is 50.2 Å². The van der Waals surface area contributed by atoms with Gasteiger partial charge in [0.25, 0.3) is 0 Å². The van der Waals surface area contributed by atoms with Crippen molar-refractivity contribution in [1.82, 2.24) is 24.5 Å². The summed E-state index contributed by atoms with van der Waals surface area (Å²) in [5, 5.41) is 21.6. The summed E-state index contributed by atoms with van der Waals surface area (Å²) in [6.45, 7) is 9.01. The molecule has 34 heavy (non-hydrogen) atoms. The van der Waals surface area contributed by atoms with Crippen molar-refractivity contribution in [3.8, 4) is 6.07 Å². The Kier molecular flexibility index (Phi) is 5.21. The van der Waals surface area contributed by atoms with E-state index in [1.807, 2.05) is 12.1 Å². The van der Waals surface area contributed by atoms with Crippen molar-refractivity contribution in [2.24, 2.45) is 0 Å². The maximum atomic E-state index is 14.6. The minimum absolute atomic E-state index is 0.226. The van der Waals surface area contributed by atoms with Crippen LogP contribution in [-0.2, 0) is 0 Å². The third-order valence-electron chi connectivity index (χ3n) is 6.00. The van der Waals surface area contributed by atoms with Crippen molar-refractivity contribution in [2.45, 2.75) is 39.8 Å². The van der Waals surface area contributed by atoms with Gasteiger partial charge in [-0.2, -0.15) is 9.94 Å². The number of hydrogen-bond acceptors (Lipinski definition) is 7. The first-order valence-corrected chi connectivity index (χ1v) is 11.1. The molecule has 3 aromatic heterocycles. The number of imidazole rings is 1. The van der Waals surface area contributed by atoms with Gasteiger partial charge in [-0.15, -0.1) is 5.10 Å².